The highest BCUT2D eigenvalue weighted by Gasteiger charge is 2.18. The molecule has 0 aliphatic rings. The van der Waals surface area contributed by atoms with E-state index in [0.29, 0.717) is 22.6 Å². The van der Waals surface area contributed by atoms with Crippen LogP contribution in [0.4, 0.5) is 5.82 Å². The molecule has 0 aliphatic heterocycles. The van der Waals surface area contributed by atoms with Gasteiger partial charge in [-0.3, -0.25) is 9.78 Å². The molecule has 6 heteroatoms. The molecule has 0 saturated heterocycles. The summed E-state index contributed by atoms with van der Waals surface area (Å²) in [5.74, 6) is 0.677. The Morgan fingerprint density at radius 3 is 2.89 bits per heavy atom. The maximum absolute atomic E-state index is 11.4. The number of pyridine rings is 2. The van der Waals surface area contributed by atoms with Crippen LogP contribution >= 0.6 is 0 Å². The van der Waals surface area contributed by atoms with E-state index in [4.69, 9.17) is 10.3 Å². The average molecular weight is 254 g/mol. The van der Waals surface area contributed by atoms with Crippen molar-refractivity contribution in [2.24, 2.45) is 0 Å². The number of rotatable bonds is 2. The third kappa shape index (κ3) is 1.99. The Labute approximate surface area is 107 Å². The SMILES string of the molecule is Nc1noc(-c2cc[nH]c(=O)c2)c1-c1ccccn1. The van der Waals surface area contributed by atoms with Gasteiger partial charge < -0.3 is 15.2 Å². The van der Waals surface area contributed by atoms with Crippen LogP contribution < -0.4 is 11.3 Å². The van der Waals surface area contributed by atoms with Gasteiger partial charge in [-0.2, -0.15) is 0 Å². The van der Waals surface area contributed by atoms with Crippen molar-refractivity contribution >= 4 is 5.82 Å². The zero-order valence-corrected chi connectivity index (χ0v) is 9.83. The maximum atomic E-state index is 11.4. The summed E-state index contributed by atoms with van der Waals surface area (Å²) in [5, 5.41) is 3.75. The summed E-state index contributed by atoms with van der Waals surface area (Å²) in [5.41, 5.74) is 7.44. The summed E-state index contributed by atoms with van der Waals surface area (Å²) < 4.78 is 5.22. The fourth-order valence-electron chi connectivity index (χ4n) is 1.84. The van der Waals surface area contributed by atoms with E-state index < -0.39 is 0 Å². The van der Waals surface area contributed by atoms with Crippen LogP contribution in [0.1, 0.15) is 0 Å². The first-order chi connectivity index (χ1) is 9.25. The van der Waals surface area contributed by atoms with Crippen molar-refractivity contribution in [2.75, 3.05) is 5.73 Å². The largest absolute Gasteiger partial charge is 0.380 e. The van der Waals surface area contributed by atoms with Crippen LogP contribution in [0.25, 0.3) is 22.6 Å². The topological polar surface area (TPSA) is 97.8 Å². The number of nitrogens with zero attached hydrogens (tertiary/aromatic N) is 2. The minimum absolute atomic E-state index is 0.223. The van der Waals surface area contributed by atoms with Gasteiger partial charge in [0, 0.05) is 24.0 Å². The molecule has 0 unspecified atom stereocenters. The predicted octanol–water partition coefficient (Wildman–Crippen LogP) is 1.67. The lowest BCUT2D eigenvalue weighted by atomic mass is 10.1. The zero-order chi connectivity index (χ0) is 13.2. The normalized spacial score (nSPS) is 10.5. The van der Waals surface area contributed by atoms with E-state index >= 15 is 0 Å². The van der Waals surface area contributed by atoms with Gasteiger partial charge in [0.05, 0.1) is 11.3 Å². The molecule has 6 nitrogen and oxygen atoms in total. The third-order valence-corrected chi connectivity index (χ3v) is 2.68. The molecule has 0 radical (unpaired) electrons. The Balaban J connectivity index is 2.22. The Hall–Kier alpha value is -2.89. The summed E-state index contributed by atoms with van der Waals surface area (Å²) in [6, 6.07) is 8.59. The highest BCUT2D eigenvalue weighted by molar-refractivity contribution is 5.84. The van der Waals surface area contributed by atoms with Gasteiger partial charge in [0.1, 0.15) is 0 Å². The van der Waals surface area contributed by atoms with E-state index in [0.717, 1.165) is 0 Å². The van der Waals surface area contributed by atoms with Crippen LogP contribution in [0.2, 0.25) is 0 Å². The van der Waals surface area contributed by atoms with E-state index in [2.05, 4.69) is 15.1 Å². The van der Waals surface area contributed by atoms with Crippen molar-refractivity contribution in [1.29, 1.82) is 0 Å². The van der Waals surface area contributed by atoms with Crippen molar-refractivity contribution in [2.45, 2.75) is 0 Å². The number of nitrogen functional groups attached to an aromatic ring is 1. The molecule has 0 amide bonds. The fourth-order valence-corrected chi connectivity index (χ4v) is 1.84. The van der Waals surface area contributed by atoms with Crippen LogP contribution in [0.5, 0.6) is 0 Å². The number of anilines is 1. The summed E-state index contributed by atoms with van der Waals surface area (Å²) in [7, 11) is 0. The highest BCUT2D eigenvalue weighted by atomic mass is 16.5. The number of nitrogens with two attached hydrogens (primary N) is 1. The first-order valence-corrected chi connectivity index (χ1v) is 5.61. The van der Waals surface area contributed by atoms with Crippen LogP contribution in [0.15, 0.2) is 52.0 Å². The monoisotopic (exact) mass is 254 g/mol. The molecule has 3 heterocycles. The van der Waals surface area contributed by atoms with Crippen LogP contribution in [0.3, 0.4) is 0 Å². The minimum atomic E-state index is -0.223. The van der Waals surface area contributed by atoms with E-state index in [1.165, 1.54) is 6.07 Å². The molecule has 0 saturated carbocycles. The number of nitrogens with one attached hydrogen (secondary N) is 1. The van der Waals surface area contributed by atoms with Crippen molar-refractivity contribution in [3.63, 3.8) is 0 Å². The van der Waals surface area contributed by atoms with Crippen molar-refractivity contribution in [3.8, 4) is 22.6 Å². The lowest BCUT2D eigenvalue weighted by Crippen LogP contribution is -2.02. The molecule has 19 heavy (non-hydrogen) atoms. The second kappa shape index (κ2) is 4.41. The second-order valence-corrected chi connectivity index (χ2v) is 3.93. The zero-order valence-electron chi connectivity index (χ0n) is 9.83. The molecule has 0 bridgehead atoms. The van der Waals surface area contributed by atoms with Gasteiger partial charge in [-0.05, 0) is 18.2 Å². The smallest absolute Gasteiger partial charge is 0.248 e. The fraction of sp³-hybridized carbons (Fsp3) is 0. The standard InChI is InChI=1S/C13H10N4O2/c14-13-11(9-3-1-2-5-15-9)12(19-17-13)8-4-6-16-10(18)7-8/h1-7H,(H2,14,17)(H,16,18). The highest BCUT2D eigenvalue weighted by Crippen LogP contribution is 2.34. The minimum Gasteiger partial charge on any atom is -0.380 e. The Kier molecular flexibility index (Phi) is 2.60. The van der Waals surface area contributed by atoms with Crippen LogP contribution in [0, 0.1) is 0 Å². The molecule has 3 aromatic heterocycles. The predicted molar refractivity (Wildman–Crippen MR) is 70.2 cm³/mol. The molecular weight excluding hydrogens is 244 g/mol. The van der Waals surface area contributed by atoms with Crippen LogP contribution in [-0.2, 0) is 0 Å². The molecule has 0 atom stereocenters. The molecule has 0 fully saturated rings. The van der Waals surface area contributed by atoms with Crippen molar-refractivity contribution in [1.82, 2.24) is 15.1 Å². The van der Waals surface area contributed by atoms with Gasteiger partial charge in [-0.15, -0.1) is 0 Å². The van der Waals surface area contributed by atoms with E-state index in [-0.39, 0.29) is 11.4 Å². The summed E-state index contributed by atoms with van der Waals surface area (Å²) in [6.07, 6.45) is 3.20. The van der Waals surface area contributed by atoms with Gasteiger partial charge in [0.25, 0.3) is 0 Å². The summed E-state index contributed by atoms with van der Waals surface area (Å²) in [6.45, 7) is 0. The number of aromatic nitrogens is 3. The van der Waals surface area contributed by atoms with Gasteiger partial charge in [-0.1, -0.05) is 11.2 Å². The number of H-pyrrole nitrogens is 1. The number of aromatic amines is 1. The molecule has 0 spiro atoms. The third-order valence-electron chi connectivity index (χ3n) is 2.68. The van der Waals surface area contributed by atoms with E-state index in [1.807, 2.05) is 6.07 Å². The molecule has 3 N–H and O–H groups in total. The summed E-state index contributed by atoms with van der Waals surface area (Å²) in [4.78, 5) is 18.1. The molecule has 3 aromatic rings. The van der Waals surface area contributed by atoms with Gasteiger partial charge in [0.15, 0.2) is 11.6 Å². The van der Waals surface area contributed by atoms with Crippen LogP contribution in [-0.4, -0.2) is 15.1 Å². The lowest BCUT2D eigenvalue weighted by molar-refractivity contribution is 0.436. The molecule has 94 valence electrons. The molecule has 3 rings (SSSR count). The Bertz CT molecular complexity index is 762. The van der Waals surface area contributed by atoms with Gasteiger partial charge >= 0.3 is 0 Å². The first kappa shape index (κ1) is 11.2. The Morgan fingerprint density at radius 2 is 2.16 bits per heavy atom. The maximum Gasteiger partial charge on any atom is 0.248 e. The van der Waals surface area contributed by atoms with Gasteiger partial charge in [0.2, 0.25) is 5.56 Å². The molecule has 0 aliphatic carbocycles. The summed E-state index contributed by atoms with van der Waals surface area (Å²) >= 11 is 0. The quantitative estimate of drug-likeness (QED) is 0.725. The van der Waals surface area contributed by atoms with E-state index in [1.54, 1.807) is 30.6 Å². The van der Waals surface area contributed by atoms with E-state index in [9.17, 15) is 4.79 Å². The average Bonchev–Trinajstić information content (AvgIpc) is 2.82. The number of hydrogen-bond donors (Lipinski definition) is 2. The second-order valence-electron chi connectivity index (χ2n) is 3.93. The van der Waals surface area contributed by atoms with Gasteiger partial charge in [-0.25, -0.2) is 0 Å². The Morgan fingerprint density at radius 1 is 1.26 bits per heavy atom. The number of hydrogen-bond acceptors (Lipinski definition) is 5. The molecular formula is C13H10N4O2. The first-order valence-electron chi connectivity index (χ1n) is 5.61. The van der Waals surface area contributed by atoms with Crippen molar-refractivity contribution < 1.29 is 4.52 Å². The van der Waals surface area contributed by atoms with Crippen molar-refractivity contribution in [3.05, 3.63) is 53.1 Å². The lowest BCUT2D eigenvalue weighted by Gasteiger charge is -2.01. The molecule has 0 aromatic carbocycles.